The number of likely N-dealkylation sites (tertiary alicyclic amines) is 1. The Bertz CT molecular complexity index is 1440. The first-order chi connectivity index (χ1) is 17.4. The minimum atomic E-state index is 0.149. The predicted octanol–water partition coefficient (Wildman–Crippen LogP) is 4.63. The molecule has 0 saturated carbocycles. The summed E-state index contributed by atoms with van der Waals surface area (Å²) >= 11 is 0. The van der Waals surface area contributed by atoms with Gasteiger partial charge in [0.1, 0.15) is 23.1 Å². The molecule has 5 rings (SSSR count). The maximum absolute atomic E-state index is 6.45. The standard InChI is InChI=1S/C28H30N6O2/c1-6-19-9-21-14-29-28(32-27(21)26(10-19)35-5)31-23-11-20(22-15-30-33(4)16-22)12-25(13-23)36-24-7-8-34(17-24)18(2)3/h1,9-16,18,24H,7-8,17H2,2-5H3,(H,29,31,32)/t24-/m1/s1. The molecule has 1 aliphatic heterocycles. The van der Waals surface area contributed by atoms with Crippen LogP contribution in [0, 0.1) is 12.3 Å². The predicted molar refractivity (Wildman–Crippen MR) is 142 cm³/mol. The Morgan fingerprint density at radius 3 is 2.69 bits per heavy atom. The van der Waals surface area contributed by atoms with Gasteiger partial charge in [0, 0.05) is 66.8 Å². The van der Waals surface area contributed by atoms with Crippen molar-refractivity contribution in [2.45, 2.75) is 32.4 Å². The van der Waals surface area contributed by atoms with Crippen molar-refractivity contribution in [2.24, 2.45) is 7.05 Å². The van der Waals surface area contributed by atoms with Gasteiger partial charge in [0.2, 0.25) is 5.95 Å². The molecular formula is C28H30N6O2. The topological polar surface area (TPSA) is 77.3 Å². The first-order valence-corrected chi connectivity index (χ1v) is 12.0. The van der Waals surface area contributed by atoms with Gasteiger partial charge in [-0.3, -0.25) is 9.58 Å². The zero-order chi connectivity index (χ0) is 25.2. The lowest BCUT2D eigenvalue weighted by atomic mass is 10.1. The number of nitrogens with zero attached hydrogens (tertiary/aromatic N) is 5. The summed E-state index contributed by atoms with van der Waals surface area (Å²) in [6.07, 6.45) is 12.3. The number of rotatable bonds is 7. The Morgan fingerprint density at radius 1 is 1.14 bits per heavy atom. The number of fused-ring (bicyclic) bond motifs is 1. The van der Waals surface area contributed by atoms with E-state index in [2.05, 4.69) is 46.1 Å². The molecule has 3 heterocycles. The minimum absolute atomic E-state index is 0.149. The second-order valence-electron chi connectivity index (χ2n) is 9.35. The van der Waals surface area contributed by atoms with Crippen LogP contribution < -0.4 is 14.8 Å². The quantitative estimate of drug-likeness (QED) is 0.385. The first-order valence-electron chi connectivity index (χ1n) is 12.0. The number of ether oxygens (including phenoxy) is 2. The second-order valence-corrected chi connectivity index (χ2v) is 9.35. The van der Waals surface area contributed by atoms with Gasteiger partial charge >= 0.3 is 0 Å². The minimum Gasteiger partial charge on any atom is -0.494 e. The lowest BCUT2D eigenvalue weighted by Crippen LogP contribution is -2.30. The number of aromatic nitrogens is 4. The Balaban J connectivity index is 1.47. The zero-order valence-electron chi connectivity index (χ0n) is 21.0. The largest absolute Gasteiger partial charge is 0.494 e. The lowest BCUT2D eigenvalue weighted by Gasteiger charge is -2.21. The smallest absolute Gasteiger partial charge is 0.227 e. The molecule has 1 N–H and O–H groups in total. The van der Waals surface area contributed by atoms with E-state index in [1.54, 1.807) is 24.1 Å². The van der Waals surface area contributed by atoms with Crippen molar-refractivity contribution in [3.63, 3.8) is 0 Å². The van der Waals surface area contributed by atoms with Crippen LogP contribution in [0.25, 0.3) is 22.0 Å². The van der Waals surface area contributed by atoms with Crippen molar-refractivity contribution in [1.29, 1.82) is 0 Å². The van der Waals surface area contributed by atoms with Gasteiger partial charge < -0.3 is 14.8 Å². The van der Waals surface area contributed by atoms with Crippen molar-refractivity contribution in [1.82, 2.24) is 24.6 Å². The van der Waals surface area contributed by atoms with Gasteiger partial charge in [-0.1, -0.05) is 5.92 Å². The summed E-state index contributed by atoms with van der Waals surface area (Å²) in [7, 11) is 3.51. The highest BCUT2D eigenvalue weighted by Gasteiger charge is 2.26. The van der Waals surface area contributed by atoms with Gasteiger partial charge in [0.15, 0.2) is 0 Å². The molecule has 0 spiro atoms. The number of nitrogens with one attached hydrogen (secondary N) is 1. The van der Waals surface area contributed by atoms with Crippen LogP contribution in [-0.2, 0) is 7.05 Å². The first kappa shape index (κ1) is 23.6. The molecule has 0 unspecified atom stereocenters. The van der Waals surface area contributed by atoms with Gasteiger partial charge in [-0.2, -0.15) is 5.10 Å². The van der Waals surface area contributed by atoms with E-state index in [0.29, 0.717) is 23.3 Å². The van der Waals surface area contributed by atoms with E-state index in [1.165, 1.54) is 0 Å². The SMILES string of the molecule is C#Cc1cc(OC)c2nc(Nc3cc(O[C@@H]4CCN(C(C)C)C4)cc(-c4cnn(C)c4)c3)ncc2c1. The number of methoxy groups -OCH3 is 1. The number of hydrogen-bond acceptors (Lipinski definition) is 7. The Morgan fingerprint density at radius 2 is 2.00 bits per heavy atom. The zero-order valence-corrected chi connectivity index (χ0v) is 21.0. The van der Waals surface area contributed by atoms with Crippen LogP contribution in [0.15, 0.2) is 48.9 Å². The molecule has 8 nitrogen and oxygen atoms in total. The maximum atomic E-state index is 6.45. The summed E-state index contributed by atoms with van der Waals surface area (Å²) in [4.78, 5) is 11.7. The average Bonchev–Trinajstić information content (AvgIpc) is 3.52. The van der Waals surface area contributed by atoms with E-state index in [0.717, 1.165) is 53.0 Å². The van der Waals surface area contributed by atoms with Crippen LogP contribution in [0.5, 0.6) is 11.5 Å². The summed E-state index contributed by atoms with van der Waals surface area (Å²) in [6.45, 7) is 6.41. The molecule has 2 aromatic heterocycles. The molecule has 0 aliphatic carbocycles. The fourth-order valence-corrected chi connectivity index (χ4v) is 4.53. The molecule has 1 saturated heterocycles. The van der Waals surface area contributed by atoms with Gasteiger partial charge in [-0.15, -0.1) is 6.42 Å². The van der Waals surface area contributed by atoms with Gasteiger partial charge in [-0.05, 0) is 50.1 Å². The molecule has 1 atom stereocenters. The summed E-state index contributed by atoms with van der Waals surface area (Å²) in [5.41, 5.74) is 4.23. The molecule has 1 aliphatic rings. The Labute approximate surface area is 211 Å². The molecule has 184 valence electrons. The summed E-state index contributed by atoms with van der Waals surface area (Å²) in [5.74, 6) is 4.50. The number of aryl methyl sites for hydroxylation is 1. The average molecular weight is 483 g/mol. The number of anilines is 2. The van der Waals surface area contributed by atoms with E-state index < -0.39 is 0 Å². The van der Waals surface area contributed by atoms with Crippen LogP contribution in [0.3, 0.4) is 0 Å². The van der Waals surface area contributed by atoms with Crippen molar-refractivity contribution in [2.75, 3.05) is 25.5 Å². The molecule has 36 heavy (non-hydrogen) atoms. The number of terminal acetylenes is 1. The van der Waals surface area contributed by atoms with Crippen molar-refractivity contribution < 1.29 is 9.47 Å². The van der Waals surface area contributed by atoms with Crippen LogP contribution in [0.4, 0.5) is 11.6 Å². The molecule has 2 aromatic carbocycles. The van der Waals surface area contributed by atoms with E-state index in [-0.39, 0.29) is 6.10 Å². The lowest BCUT2D eigenvalue weighted by molar-refractivity contribution is 0.187. The highest BCUT2D eigenvalue weighted by atomic mass is 16.5. The Hall–Kier alpha value is -4.09. The van der Waals surface area contributed by atoms with Crippen LogP contribution >= 0.6 is 0 Å². The highest BCUT2D eigenvalue weighted by Crippen LogP contribution is 2.32. The summed E-state index contributed by atoms with van der Waals surface area (Å²) in [5, 5.41) is 8.50. The number of benzene rings is 2. The monoisotopic (exact) mass is 482 g/mol. The van der Waals surface area contributed by atoms with E-state index in [9.17, 15) is 0 Å². The van der Waals surface area contributed by atoms with Crippen LogP contribution in [0.2, 0.25) is 0 Å². The molecule has 1 fully saturated rings. The maximum Gasteiger partial charge on any atom is 0.227 e. The third-order valence-electron chi connectivity index (χ3n) is 6.44. The normalized spacial score (nSPS) is 15.8. The van der Waals surface area contributed by atoms with Gasteiger partial charge in [-0.25, -0.2) is 9.97 Å². The number of hydrogen-bond donors (Lipinski definition) is 1. The Kier molecular flexibility index (Phi) is 6.49. The van der Waals surface area contributed by atoms with Crippen molar-refractivity contribution >= 4 is 22.5 Å². The highest BCUT2D eigenvalue weighted by molar-refractivity contribution is 5.86. The molecular weight excluding hydrogens is 452 g/mol. The third-order valence-corrected chi connectivity index (χ3v) is 6.44. The third kappa shape index (κ3) is 4.97. The summed E-state index contributed by atoms with van der Waals surface area (Å²) < 4.78 is 13.8. The van der Waals surface area contributed by atoms with Crippen molar-refractivity contribution in [3.8, 4) is 35.0 Å². The van der Waals surface area contributed by atoms with E-state index in [4.69, 9.17) is 20.9 Å². The molecule has 0 radical (unpaired) electrons. The second kappa shape index (κ2) is 9.88. The fourth-order valence-electron chi connectivity index (χ4n) is 4.53. The molecule has 8 heteroatoms. The molecule has 0 amide bonds. The van der Waals surface area contributed by atoms with Crippen LogP contribution in [-0.4, -0.2) is 57.0 Å². The van der Waals surface area contributed by atoms with Gasteiger partial charge in [0.25, 0.3) is 0 Å². The van der Waals surface area contributed by atoms with Gasteiger partial charge in [0.05, 0.1) is 13.3 Å². The van der Waals surface area contributed by atoms with E-state index in [1.807, 2.05) is 37.6 Å². The molecule has 0 bridgehead atoms. The van der Waals surface area contributed by atoms with Crippen LogP contribution in [0.1, 0.15) is 25.8 Å². The van der Waals surface area contributed by atoms with E-state index >= 15 is 0 Å². The van der Waals surface area contributed by atoms with Crippen molar-refractivity contribution in [3.05, 3.63) is 54.5 Å². The molecule has 4 aromatic rings. The fraction of sp³-hybridized carbons (Fsp3) is 0.321. The summed E-state index contributed by atoms with van der Waals surface area (Å²) in [6, 6.07) is 10.3.